The average Bonchev–Trinajstić information content (AvgIpc) is 2.88. The summed E-state index contributed by atoms with van der Waals surface area (Å²) >= 11 is 0. The van der Waals surface area contributed by atoms with Gasteiger partial charge in [-0.05, 0) is 58.6 Å². The molecule has 0 atom stereocenters. The number of rotatable bonds is 6. The first kappa shape index (κ1) is 28.2. The monoisotopic (exact) mass is 593 g/mol. The van der Waals surface area contributed by atoms with Gasteiger partial charge in [0.05, 0.1) is 19.4 Å². The second-order valence-corrected chi connectivity index (χ2v) is 15.9. The van der Waals surface area contributed by atoms with E-state index in [2.05, 4.69) is 34.7 Å². The van der Waals surface area contributed by atoms with Crippen molar-refractivity contribution in [1.82, 2.24) is 0 Å². The number of carbonyl (C=O) groups is 2. The van der Waals surface area contributed by atoms with Gasteiger partial charge < -0.3 is 14.7 Å². The molecular weight excluding hydrogens is 561 g/mol. The smallest absolute Gasteiger partial charge is 0.339 e. The first-order valence-electron chi connectivity index (χ1n) is 14.3. The lowest BCUT2D eigenvalue weighted by Crippen LogP contribution is -2.50. The van der Waals surface area contributed by atoms with Gasteiger partial charge in [0.15, 0.2) is 17.3 Å². The molecule has 2 saturated heterocycles. The van der Waals surface area contributed by atoms with E-state index in [9.17, 15) is 14.7 Å². The Labute approximate surface area is 243 Å². The minimum absolute atomic E-state index is 0.0266. The third kappa shape index (κ3) is 4.34. The number of ether oxygens (including phenoxy) is 1. The van der Waals surface area contributed by atoms with Gasteiger partial charge >= 0.3 is 11.9 Å². The van der Waals surface area contributed by atoms with Crippen LogP contribution in [0, 0.1) is 17.5 Å². The topological polar surface area (TPSA) is 69.9 Å². The van der Waals surface area contributed by atoms with Gasteiger partial charge in [-0.1, -0.05) is 19.2 Å². The number of carbonyl (C=O) groups excluding carboxylic acids is 1. The Morgan fingerprint density at radius 2 is 1.79 bits per heavy atom. The molecule has 0 spiro atoms. The predicted octanol–water partition coefficient (Wildman–Crippen LogP) is 4.74. The number of anilines is 1. The van der Waals surface area contributed by atoms with E-state index in [0.29, 0.717) is 11.1 Å². The molecule has 0 amide bonds. The first-order valence-corrected chi connectivity index (χ1v) is 17.3. The Kier molecular flexibility index (Phi) is 6.99. The molecule has 6 rings (SSSR count). The molecule has 1 N–H and O–H groups in total. The molecule has 0 unspecified atom stereocenters. The van der Waals surface area contributed by atoms with Crippen LogP contribution in [0.15, 0.2) is 47.2 Å². The molecule has 10 heteroatoms. The van der Waals surface area contributed by atoms with Crippen LogP contribution in [0.3, 0.4) is 0 Å². The molecule has 2 aromatic rings. The normalized spacial score (nSPS) is 18.6. The molecule has 218 valence electrons. The summed E-state index contributed by atoms with van der Waals surface area (Å²) in [6, 6.07) is 5.86. The van der Waals surface area contributed by atoms with E-state index in [1.807, 2.05) is 24.3 Å². The standard InChI is InChI=1S/C32H31F3N2O4Si/c1-4-41-25(38)17-22-29(33)27(28(32(39)40)31(35)30(22)34)26-20-9-7-18(36-11-5-12-36)15-23(20)42(2,3)24-16-19(8-10-21(24)26)37-13-6-14-37/h7-10,15-16H,4-6,11-14,17H2,1-3H3/p+1. The Morgan fingerprint density at radius 3 is 2.38 bits per heavy atom. The second kappa shape index (κ2) is 10.4. The van der Waals surface area contributed by atoms with E-state index in [-0.39, 0.29) is 12.2 Å². The van der Waals surface area contributed by atoms with Crippen LogP contribution >= 0.6 is 0 Å². The molecule has 1 aliphatic carbocycles. The van der Waals surface area contributed by atoms with Crippen LogP contribution in [-0.2, 0) is 16.0 Å². The van der Waals surface area contributed by atoms with Crippen LogP contribution in [0.5, 0.6) is 0 Å². The van der Waals surface area contributed by atoms with Crippen molar-refractivity contribution in [2.24, 2.45) is 0 Å². The lowest BCUT2D eigenvalue weighted by Gasteiger charge is -2.40. The van der Waals surface area contributed by atoms with E-state index in [1.165, 1.54) is 0 Å². The summed E-state index contributed by atoms with van der Waals surface area (Å²) < 4.78 is 54.5. The predicted molar refractivity (Wildman–Crippen MR) is 157 cm³/mol. The van der Waals surface area contributed by atoms with Crippen molar-refractivity contribution in [3.63, 3.8) is 0 Å². The van der Waals surface area contributed by atoms with Crippen LogP contribution < -0.4 is 10.1 Å². The molecule has 0 aromatic heterocycles. The second-order valence-electron chi connectivity index (χ2n) is 11.6. The number of benzene rings is 2. The third-order valence-corrected chi connectivity index (χ3v) is 12.4. The van der Waals surface area contributed by atoms with Crippen molar-refractivity contribution >= 4 is 42.2 Å². The quantitative estimate of drug-likeness (QED) is 0.227. The molecular formula is C32H32F3N2O4Si+. The Balaban J connectivity index is 1.68. The van der Waals surface area contributed by atoms with Crippen LogP contribution in [0.4, 0.5) is 18.9 Å². The number of hydrogen-bond donors (Lipinski definition) is 1. The lowest BCUT2D eigenvalue weighted by molar-refractivity contribution is -0.582. The maximum absolute atomic E-state index is 16.5. The van der Waals surface area contributed by atoms with Crippen LogP contribution in [0.25, 0.3) is 5.57 Å². The van der Waals surface area contributed by atoms with Gasteiger partial charge in [0.1, 0.15) is 32.5 Å². The zero-order valence-corrected chi connectivity index (χ0v) is 24.8. The Bertz CT molecular complexity index is 1680. The molecule has 42 heavy (non-hydrogen) atoms. The van der Waals surface area contributed by atoms with Crippen LogP contribution in [-0.4, -0.2) is 68.2 Å². The SMILES string of the molecule is CCOC(=O)Cc1c(F)c(F)c(C(=O)O)c(C2=C3C=CC(=[N+]4CCC4)C=C3[Si](C)(C)c3cc(N4CCC4)ccc32)c1F. The van der Waals surface area contributed by atoms with Crippen molar-refractivity contribution in [2.45, 2.75) is 39.3 Å². The van der Waals surface area contributed by atoms with E-state index >= 15 is 13.2 Å². The highest BCUT2D eigenvalue weighted by Crippen LogP contribution is 2.45. The summed E-state index contributed by atoms with van der Waals surface area (Å²) in [5.41, 5.74) is 0.924. The number of halogens is 3. The number of carboxylic acid groups (broad SMARTS) is 1. The van der Waals surface area contributed by atoms with Gasteiger partial charge in [-0.15, -0.1) is 0 Å². The molecule has 3 heterocycles. The zero-order valence-electron chi connectivity index (χ0n) is 23.8. The molecule has 2 aromatic carbocycles. The summed E-state index contributed by atoms with van der Waals surface area (Å²) in [6.07, 6.45) is 7.16. The maximum Gasteiger partial charge on any atom is 0.339 e. The van der Waals surface area contributed by atoms with Gasteiger partial charge in [0.25, 0.3) is 0 Å². The van der Waals surface area contributed by atoms with Crippen molar-refractivity contribution in [1.29, 1.82) is 0 Å². The number of hydrogen-bond acceptors (Lipinski definition) is 4. The van der Waals surface area contributed by atoms with E-state index in [0.717, 1.165) is 60.8 Å². The highest BCUT2D eigenvalue weighted by molar-refractivity contribution is 6.98. The van der Waals surface area contributed by atoms with Crippen molar-refractivity contribution in [2.75, 3.05) is 37.7 Å². The molecule has 0 saturated carbocycles. The number of fused-ring (bicyclic) bond motifs is 2. The minimum atomic E-state index is -2.46. The third-order valence-electron chi connectivity index (χ3n) is 8.84. The van der Waals surface area contributed by atoms with Crippen molar-refractivity contribution in [3.8, 4) is 0 Å². The van der Waals surface area contributed by atoms with Gasteiger partial charge in [-0.2, -0.15) is 0 Å². The summed E-state index contributed by atoms with van der Waals surface area (Å²) in [6.45, 7) is 9.61. The lowest BCUT2D eigenvalue weighted by atomic mass is 9.85. The van der Waals surface area contributed by atoms with Gasteiger partial charge in [-0.25, -0.2) is 22.5 Å². The minimum Gasteiger partial charge on any atom is -0.478 e. The molecule has 0 radical (unpaired) electrons. The number of aromatic carboxylic acids is 1. The fourth-order valence-electron chi connectivity index (χ4n) is 6.29. The fourth-order valence-corrected chi connectivity index (χ4v) is 9.36. The van der Waals surface area contributed by atoms with Crippen LogP contribution in [0.1, 0.15) is 46.8 Å². The Morgan fingerprint density at radius 1 is 1.05 bits per heavy atom. The summed E-state index contributed by atoms with van der Waals surface area (Å²) in [5, 5.41) is 12.0. The van der Waals surface area contributed by atoms with Gasteiger partial charge in [-0.3, -0.25) is 4.79 Å². The summed E-state index contributed by atoms with van der Waals surface area (Å²) in [4.78, 5) is 27.0. The molecule has 2 fully saturated rings. The van der Waals surface area contributed by atoms with E-state index in [4.69, 9.17) is 4.74 Å². The van der Waals surface area contributed by atoms with Crippen molar-refractivity contribution < 1.29 is 37.2 Å². The maximum atomic E-state index is 16.5. The Hall–Kier alpha value is -3.92. The molecule has 3 aliphatic heterocycles. The highest BCUT2D eigenvalue weighted by Gasteiger charge is 2.43. The largest absolute Gasteiger partial charge is 0.478 e. The molecule has 0 bridgehead atoms. The summed E-state index contributed by atoms with van der Waals surface area (Å²) in [7, 11) is -2.46. The zero-order chi connectivity index (χ0) is 29.9. The number of allylic oxidation sites excluding steroid dienone is 5. The van der Waals surface area contributed by atoms with Crippen LogP contribution in [0.2, 0.25) is 13.1 Å². The van der Waals surface area contributed by atoms with Gasteiger partial charge in [0.2, 0.25) is 0 Å². The summed E-state index contributed by atoms with van der Waals surface area (Å²) in [5.74, 6) is -7.41. The number of esters is 1. The number of carboxylic acids is 1. The molecule has 4 aliphatic rings. The fraction of sp³-hybridized carbons (Fsp3) is 0.344. The first-order chi connectivity index (χ1) is 20.0. The molecule has 6 nitrogen and oxygen atoms in total. The van der Waals surface area contributed by atoms with Gasteiger partial charge in [0, 0.05) is 42.1 Å². The highest BCUT2D eigenvalue weighted by atomic mass is 28.3. The van der Waals surface area contributed by atoms with E-state index in [1.54, 1.807) is 6.92 Å². The van der Waals surface area contributed by atoms with Crippen molar-refractivity contribution in [3.05, 3.63) is 86.9 Å². The average molecular weight is 594 g/mol. The number of nitrogens with zero attached hydrogens (tertiary/aromatic N) is 2. The van der Waals surface area contributed by atoms with E-state index < -0.39 is 60.6 Å².